The monoisotopic (exact) mass is 307 g/mol. The average molecular weight is 307 g/mol. The smallest absolute Gasteiger partial charge is 0.248 e. The highest BCUT2D eigenvalue weighted by atomic mass is 16.1. The Kier molecular flexibility index (Phi) is 6.16. The first kappa shape index (κ1) is 17.0. The molecule has 2 rings (SSSR count). The third-order valence-electron chi connectivity index (χ3n) is 4.06. The predicted molar refractivity (Wildman–Crippen MR) is 98.7 cm³/mol. The van der Waals surface area contributed by atoms with Crippen LogP contribution in [0, 0.1) is 0 Å². The Morgan fingerprint density at radius 1 is 0.913 bits per heavy atom. The van der Waals surface area contributed by atoms with Gasteiger partial charge in [0.2, 0.25) is 5.91 Å². The summed E-state index contributed by atoms with van der Waals surface area (Å²) in [7, 11) is 0. The van der Waals surface area contributed by atoms with Crippen LogP contribution in [0.2, 0.25) is 0 Å². The van der Waals surface area contributed by atoms with Crippen molar-refractivity contribution < 1.29 is 4.79 Å². The van der Waals surface area contributed by atoms with E-state index in [-0.39, 0.29) is 5.91 Å². The van der Waals surface area contributed by atoms with Gasteiger partial charge in [-0.2, -0.15) is 0 Å². The second-order valence-corrected chi connectivity index (χ2v) is 5.58. The molecule has 0 saturated carbocycles. The zero-order valence-corrected chi connectivity index (χ0v) is 14.2. The van der Waals surface area contributed by atoms with Crippen molar-refractivity contribution in [1.82, 2.24) is 0 Å². The van der Waals surface area contributed by atoms with Crippen LogP contribution in [0.5, 0.6) is 0 Å². The summed E-state index contributed by atoms with van der Waals surface area (Å²) in [5, 5.41) is 3.05. The van der Waals surface area contributed by atoms with Crippen LogP contribution in [0.1, 0.15) is 43.0 Å². The maximum absolute atomic E-state index is 12.2. The first-order valence-corrected chi connectivity index (χ1v) is 8.36. The Morgan fingerprint density at radius 2 is 1.52 bits per heavy atom. The quantitative estimate of drug-likeness (QED) is 0.745. The lowest BCUT2D eigenvalue weighted by Gasteiger charge is -2.13. The van der Waals surface area contributed by atoms with Gasteiger partial charge in [-0.25, -0.2) is 0 Å². The molecular formula is C21H25NO. The molecule has 0 spiro atoms. The fourth-order valence-corrected chi connectivity index (χ4v) is 2.60. The van der Waals surface area contributed by atoms with Gasteiger partial charge in [0.15, 0.2) is 0 Å². The minimum absolute atomic E-state index is 0.0832. The van der Waals surface area contributed by atoms with Gasteiger partial charge in [0.05, 0.1) is 0 Å². The lowest BCUT2D eigenvalue weighted by molar-refractivity contribution is -0.111. The highest BCUT2D eigenvalue weighted by Crippen LogP contribution is 2.22. The standard InChI is InChI=1S/C21H25NO/c1-4-16-10-12-17(13-11-16)14-15-20(23)22-21-18(5-2)8-7-9-19(21)6-3/h7-15H,4-6H2,1-3H3,(H,22,23)/b15-14+. The number of nitrogens with one attached hydrogen (secondary N) is 1. The SMILES string of the molecule is CCc1ccc(/C=C/C(=O)Nc2c(CC)cccc2CC)cc1. The summed E-state index contributed by atoms with van der Waals surface area (Å²) in [5.41, 5.74) is 5.66. The van der Waals surface area contributed by atoms with Gasteiger partial charge in [-0.15, -0.1) is 0 Å². The van der Waals surface area contributed by atoms with Crippen molar-refractivity contribution in [3.8, 4) is 0 Å². The van der Waals surface area contributed by atoms with Crippen molar-refractivity contribution in [1.29, 1.82) is 0 Å². The summed E-state index contributed by atoms with van der Waals surface area (Å²) < 4.78 is 0. The normalized spacial score (nSPS) is 10.9. The van der Waals surface area contributed by atoms with Gasteiger partial charge < -0.3 is 5.32 Å². The molecule has 1 N–H and O–H groups in total. The molecule has 23 heavy (non-hydrogen) atoms. The number of hydrogen-bond donors (Lipinski definition) is 1. The van der Waals surface area contributed by atoms with Crippen LogP contribution in [0.3, 0.4) is 0 Å². The lowest BCUT2D eigenvalue weighted by atomic mass is 10.0. The molecule has 120 valence electrons. The Bertz CT molecular complexity index is 661. The number of amides is 1. The molecule has 0 bridgehead atoms. The van der Waals surface area contributed by atoms with Gasteiger partial charge in [0.1, 0.15) is 0 Å². The third-order valence-corrected chi connectivity index (χ3v) is 4.06. The van der Waals surface area contributed by atoms with Gasteiger partial charge in [0.25, 0.3) is 0 Å². The number of rotatable bonds is 6. The molecule has 0 heterocycles. The molecule has 2 nitrogen and oxygen atoms in total. The average Bonchev–Trinajstić information content (AvgIpc) is 2.60. The fourth-order valence-electron chi connectivity index (χ4n) is 2.60. The van der Waals surface area contributed by atoms with Crippen LogP contribution in [0.25, 0.3) is 6.08 Å². The molecule has 0 aliphatic carbocycles. The number of anilines is 1. The molecule has 2 aromatic rings. The van der Waals surface area contributed by atoms with Gasteiger partial charge >= 0.3 is 0 Å². The summed E-state index contributed by atoms with van der Waals surface area (Å²) in [6.07, 6.45) is 6.30. The number of carbonyl (C=O) groups excluding carboxylic acids is 1. The van der Waals surface area contributed by atoms with Crippen molar-refractivity contribution >= 4 is 17.7 Å². The number of hydrogen-bond acceptors (Lipinski definition) is 1. The van der Waals surface area contributed by atoms with E-state index >= 15 is 0 Å². The summed E-state index contributed by atoms with van der Waals surface area (Å²) in [6, 6.07) is 14.5. The van der Waals surface area contributed by atoms with E-state index in [2.05, 4.69) is 56.4 Å². The molecule has 0 radical (unpaired) electrons. The van der Waals surface area contributed by atoms with Crippen molar-refractivity contribution in [3.63, 3.8) is 0 Å². The zero-order chi connectivity index (χ0) is 16.7. The van der Waals surface area contributed by atoms with E-state index in [0.717, 1.165) is 30.5 Å². The molecule has 0 aromatic heterocycles. The van der Waals surface area contributed by atoms with E-state index in [1.54, 1.807) is 6.08 Å². The molecule has 0 unspecified atom stereocenters. The van der Waals surface area contributed by atoms with E-state index in [9.17, 15) is 4.79 Å². The Balaban J connectivity index is 2.11. The number of carbonyl (C=O) groups is 1. The minimum Gasteiger partial charge on any atom is -0.322 e. The van der Waals surface area contributed by atoms with Gasteiger partial charge in [-0.05, 0) is 47.6 Å². The van der Waals surface area contributed by atoms with Gasteiger partial charge in [0, 0.05) is 11.8 Å². The van der Waals surface area contributed by atoms with E-state index in [4.69, 9.17) is 0 Å². The van der Waals surface area contributed by atoms with Crippen molar-refractivity contribution in [2.24, 2.45) is 0 Å². The Hall–Kier alpha value is -2.35. The highest BCUT2D eigenvalue weighted by molar-refractivity contribution is 6.02. The van der Waals surface area contributed by atoms with Crippen LogP contribution in [-0.2, 0) is 24.1 Å². The summed E-state index contributed by atoms with van der Waals surface area (Å²) in [6.45, 7) is 6.35. The second kappa shape index (κ2) is 8.33. The van der Waals surface area contributed by atoms with Gasteiger partial charge in [-0.3, -0.25) is 4.79 Å². The molecule has 1 amide bonds. The first-order chi connectivity index (χ1) is 11.2. The van der Waals surface area contributed by atoms with Crippen molar-refractivity contribution in [2.45, 2.75) is 40.0 Å². The maximum Gasteiger partial charge on any atom is 0.248 e. The van der Waals surface area contributed by atoms with Crippen molar-refractivity contribution in [3.05, 3.63) is 70.8 Å². The van der Waals surface area contributed by atoms with Crippen LogP contribution in [-0.4, -0.2) is 5.91 Å². The Morgan fingerprint density at radius 3 is 2.04 bits per heavy atom. The van der Waals surface area contributed by atoms with E-state index in [1.165, 1.54) is 16.7 Å². The minimum atomic E-state index is -0.0832. The topological polar surface area (TPSA) is 29.1 Å². The van der Waals surface area contributed by atoms with E-state index in [1.807, 2.05) is 18.2 Å². The number of para-hydroxylation sites is 1. The van der Waals surface area contributed by atoms with Crippen LogP contribution >= 0.6 is 0 Å². The molecule has 0 atom stereocenters. The fraction of sp³-hybridized carbons (Fsp3) is 0.286. The molecule has 2 aromatic carbocycles. The molecular weight excluding hydrogens is 282 g/mol. The number of benzene rings is 2. The molecule has 0 aliphatic rings. The summed E-state index contributed by atoms with van der Waals surface area (Å²) >= 11 is 0. The second-order valence-electron chi connectivity index (χ2n) is 5.58. The zero-order valence-electron chi connectivity index (χ0n) is 14.2. The van der Waals surface area contributed by atoms with Crippen LogP contribution in [0.4, 0.5) is 5.69 Å². The third kappa shape index (κ3) is 4.56. The first-order valence-electron chi connectivity index (χ1n) is 8.36. The van der Waals surface area contributed by atoms with E-state index < -0.39 is 0 Å². The van der Waals surface area contributed by atoms with Crippen molar-refractivity contribution in [2.75, 3.05) is 5.32 Å². The van der Waals surface area contributed by atoms with Crippen LogP contribution in [0.15, 0.2) is 48.5 Å². The number of aryl methyl sites for hydroxylation is 3. The molecule has 0 fully saturated rings. The van der Waals surface area contributed by atoms with Gasteiger partial charge in [-0.1, -0.05) is 63.2 Å². The summed E-state index contributed by atoms with van der Waals surface area (Å²) in [4.78, 5) is 12.2. The predicted octanol–water partition coefficient (Wildman–Crippen LogP) is 5.03. The lowest BCUT2D eigenvalue weighted by Crippen LogP contribution is -2.11. The highest BCUT2D eigenvalue weighted by Gasteiger charge is 2.08. The Labute approximate surface area is 139 Å². The maximum atomic E-state index is 12.2. The molecule has 0 aliphatic heterocycles. The van der Waals surface area contributed by atoms with E-state index in [0.29, 0.717) is 0 Å². The largest absolute Gasteiger partial charge is 0.322 e. The summed E-state index contributed by atoms with van der Waals surface area (Å²) in [5.74, 6) is -0.0832. The molecule has 2 heteroatoms. The van der Waals surface area contributed by atoms with Crippen LogP contribution < -0.4 is 5.32 Å². The molecule has 0 saturated heterocycles.